The van der Waals surface area contributed by atoms with Gasteiger partial charge in [-0.05, 0) is 60.2 Å². The average molecular weight is 402 g/mol. The van der Waals surface area contributed by atoms with E-state index in [1.807, 2.05) is 18.2 Å². The number of hydrogen-bond donors (Lipinski definition) is 0. The third-order valence-corrected chi connectivity index (χ3v) is 7.10. The summed E-state index contributed by atoms with van der Waals surface area (Å²) in [6.07, 6.45) is 4.11. The molecule has 0 aromatic heterocycles. The van der Waals surface area contributed by atoms with E-state index in [1.165, 1.54) is 17.4 Å². The zero-order valence-electron chi connectivity index (χ0n) is 16.5. The number of nitrogens with zero attached hydrogens (tertiary/aromatic N) is 1. The van der Waals surface area contributed by atoms with Gasteiger partial charge in [-0.1, -0.05) is 18.2 Å². The second-order valence-corrected chi connectivity index (χ2v) is 9.82. The number of ether oxygens (including phenoxy) is 2. The van der Waals surface area contributed by atoms with Crippen LogP contribution in [0.15, 0.2) is 47.4 Å². The van der Waals surface area contributed by atoms with Crippen LogP contribution in [-0.2, 0) is 33.1 Å². The normalized spacial score (nSPS) is 19.4. The highest BCUT2D eigenvalue weighted by Gasteiger charge is 2.40. The summed E-state index contributed by atoms with van der Waals surface area (Å²) in [7, 11) is -1.44. The van der Waals surface area contributed by atoms with Crippen molar-refractivity contribution in [2.45, 2.75) is 36.3 Å². The average Bonchev–Trinajstić information content (AvgIpc) is 2.69. The van der Waals surface area contributed by atoms with Gasteiger partial charge in [0, 0.05) is 25.9 Å². The Morgan fingerprint density at radius 3 is 2.46 bits per heavy atom. The van der Waals surface area contributed by atoms with Gasteiger partial charge in [0.2, 0.25) is 0 Å². The van der Waals surface area contributed by atoms with Gasteiger partial charge in [-0.3, -0.25) is 4.90 Å². The summed E-state index contributed by atoms with van der Waals surface area (Å²) in [6.45, 7) is 3.50. The van der Waals surface area contributed by atoms with Crippen molar-refractivity contribution in [2.24, 2.45) is 0 Å². The molecule has 1 spiro atoms. The quantitative estimate of drug-likeness (QED) is 0.788. The number of rotatable bonds is 4. The van der Waals surface area contributed by atoms with Crippen LogP contribution in [0.4, 0.5) is 0 Å². The molecule has 0 unspecified atom stereocenters. The molecule has 0 N–H and O–H groups in total. The minimum Gasteiger partial charge on any atom is -0.497 e. The first-order valence-corrected chi connectivity index (χ1v) is 11.6. The van der Waals surface area contributed by atoms with Crippen molar-refractivity contribution in [3.8, 4) is 5.75 Å². The molecule has 0 aliphatic carbocycles. The molecular weight excluding hydrogens is 374 g/mol. The number of sulfone groups is 1. The van der Waals surface area contributed by atoms with E-state index in [4.69, 9.17) is 9.47 Å². The lowest BCUT2D eigenvalue weighted by Crippen LogP contribution is -2.46. The van der Waals surface area contributed by atoms with Gasteiger partial charge in [0.1, 0.15) is 5.75 Å². The predicted molar refractivity (Wildman–Crippen MR) is 108 cm³/mol. The zero-order valence-corrected chi connectivity index (χ0v) is 17.3. The first-order chi connectivity index (χ1) is 13.4. The van der Waals surface area contributed by atoms with E-state index in [0.29, 0.717) is 4.90 Å². The van der Waals surface area contributed by atoms with Crippen LogP contribution in [0.2, 0.25) is 0 Å². The van der Waals surface area contributed by atoms with Crippen molar-refractivity contribution < 1.29 is 17.9 Å². The summed E-state index contributed by atoms with van der Waals surface area (Å²) in [4.78, 5) is 2.79. The molecule has 2 aromatic carbocycles. The summed E-state index contributed by atoms with van der Waals surface area (Å²) >= 11 is 0. The van der Waals surface area contributed by atoms with Crippen molar-refractivity contribution in [3.05, 3.63) is 59.2 Å². The SMILES string of the molecule is COc1ccc2c(c1)CCOC21CCN(Cc2ccc(S(C)(=O)=O)cc2)CC1. The molecule has 0 saturated carbocycles. The molecule has 2 aliphatic heterocycles. The minimum atomic E-state index is -3.14. The molecule has 4 rings (SSSR count). The number of hydrogen-bond acceptors (Lipinski definition) is 5. The lowest BCUT2D eigenvalue weighted by molar-refractivity contribution is -0.0989. The Morgan fingerprint density at radius 1 is 1.11 bits per heavy atom. The maximum absolute atomic E-state index is 11.6. The highest BCUT2D eigenvalue weighted by Crippen LogP contribution is 2.42. The van der Waals surface area contributed by atoms with Crippen LogP contribution in [0.5, 0.6) is 5.75 Å². The number of piperidine rings is 1. The Morgan fingerprint density at radius 2 is 1.82 bits per heavy atom. The molecule has 28 heavy (non-hydrogen) atoms. The second kappa shape index (κ2) is 7.50. The van der Waals surface area contributed by atoms with E-state index >= 15 is 0 Å². The molecule has 1 saturated heterocycles. The molecule has 0 amide bonds. The highest BCUT2D eigenvalue weighted by molar-refractivity contribution is 7.90. The number of benzene rings is 2. The molecule has 2 aliphatic rings. The van der Waals surface area contributed by atoms with Crippen molar-refractivity contribution in [1.82, 2.24) is 4.90 Å². The van der Waals surface area contributed by atoms with Crippen molar-refractivity contribution in [3.63, 3.8) is 0 Å². The van der Waals surface area contributed by atoms with E-state index in [0.717, 1.165) is 56.8 Å². The van der Waals surface area contributed by atoms with E-state index in [9.17, 15) is 8.42 Å². The zero-order chi connectivity index (χ0) is 19.8. The van der Waals surface area contributed by atoms with Crippen LogP contribution >= 0.6 is 0 Å². The van der Waals surface area contributed by atoms with Crippen molar-refractivity contribution in [2.75, 3.05) is 33.1 Å². The molecular formula is C22H27NO4S. The summed E-state index contributed by atoms with van der Waals surface area (Å²) in [5, 5.41) is 0. The maximum atomic E-state index is 11.6. The standard InChI is InChI=1S/C22H27NO4S/c1-26-19-5-8-21-18(15-19)9-14-27-22(21)10-12-23(13-11-22)16-17-3-6-20(7-4-17)28(2,24)25/h3-8,15H,9-14,16H2,1-2H3. The maximum Gasteiger partial charge on any atom is 0.175 e. The molecule has 1 fully saturated rings. The summed E-state index contributed by atoms with van der Waals surface area (Å²) in [6, 6.07) is 13.6. The summed E-state index contributed by atoms with van der Waals surface area (Å²) in [5.41, 5.74) is 3.61. The van der Waals surface area contributed by atoms with E-state index in [-0.39, 0.29) is 5.60 Å². The first kappa shape index (κ1) is 19.4. The molecule has 0 bridgehead atoms. The highest BCUT2D eigenvalue weighted by atomic mass is 32.2. The number of methoxy groups -OCH3 is 1. The van der Waals surface area contributed by atoms with Gasteiger partial charge in [-0.15, -0.1) is 0 Å². The Balaban J connectivity index is 1.44. The van der Waals surface area contributed by atoms with Crippen LogP contribution in [-0.4, -0.2) is 46.4 Å². The third kappa shape index (κ3) is 3.81. The molecule has 6 heteroatoms. The van der Waals surface area contributed by atoms with Gasteiger partial charge in [0.25, 0.3) is 0 Å². The van der Waals surface area contributed by atoms with Crippen LogP contribution in [0.25, 0.3) is 0 Å². The second-order valence-electron chi connectivity index (χ2n) is 7.81. The van der Waals surface area contributed by atoms with E-state index < -0.39 is 9.84 Å². The summed E-state index contributed by atoms with van der Waals surface area (Å²) in [5.74, 6) is 0.908. The van der Waals surface area contributed by atoms with Gasteiger partial charge >= 0.3 is 0 Å². The van der Waals surface area contributed by atoms with Gasteiger partial charge in [0.15, 0.2) is 9.84 Å². The van der Waals surface area contributed by atoms with Crippen LogP contribution in [0.1, 0.15) is 29.5 Å². The largest absolute Gasteiger partial charge is 0.497 e. The molecule has 2 heterocycles. The fraction of sp³-hybridized carbons (Fsp3) is 0.455. The molecule has 0 atom stereocenters. The van der Waals surface area contributed by atoms with Gasteiger partial charge in [-0.25, -0.2) is 8.42 Å². The van der Waals surface area contributed by atoms with Crippen LogP contribution < -0.4 is 4.74 Å². The third-order valence-electron chi connectivity index (χ3n) is 5.97. The lowest BCUT2D eigenvalue weighted by Gasteiger charge is -2.45. The monoisotopic (exact) mass is 401 g/mol. The van der Waals surface area contributed by atoms with Gasteiger partial charge in [0.05, 0.1) is 24.2 Å². The van der Waals surface area contributed by atoms with Gasteiger partial charge < -0.3 is 9.47 Å². The van der Waals surface area contributed by atoms with E-state index in [2.05, 4.69) is 17.0 Å². The Bertz CT molecular complexity index is 945. The number of likely N-dealkylation sites (tertiary alicyclic amines) is 1. The fourth-order valence-corrected chi connectivity index (χ4v) is 5.00. The van der Waals surface area contributed by atoms with Crippen molar-refractivity contribution in [1.29, 1.82) is 0 Å². The number of fused-ring (bicyclic) bond motifs is 2. The molecule has 2 aromatic rings. The molecule has 0 radical (unpaired) electrons. The predicted octanol–water partition coefficient (Wildman–Crippen LogP) is 3.16. The molecule has 5 nitrogen and oxygen atoms in total. The Hall–Kier alpha value is -1.89. The Labute approximate surface area is 167 Å². The van der Waals surface area contributed by atoms with Crippen LogP contribution in [0, 0.1) is 0 Å². The van der Waals surface area contributed by atoms with Gasteiger partial charge in [-0.2, -0.15) is 0 Å². The smallest absolute Gasteiger partial charge is 0.175 e. The fourth-order valence-electron chi connectivity index (χ4n) is 4.37. The summed E-state index contributed by atoms with van der Waals surface area (Å²) < 4.78 is 34.9. The van der Waals surface area contributed by atoms with Crippen LogP contribution in [0.3, 0.4) is 0 Å². The Kier molecular flexibility index (Phi) is 5.21. The lowest BCUT2D eigenvalue weighted by atomic mass is 9.79. The molecule has 150 valence electrons. The van der Waals surface area contributed by atoms with Crippen molar-refractivity contribution >= 4 is 9.84 Å². The first-order valence-electron chi connectivity index (χ1n) is 9.72. The topological polar surface area (TPSA) is 55.8 Å². The van der Waals surface area contributed by atoms with E-state index in [1.54, 1.807) is 19.2 Å². The minimum absolute atomic E-state index is 0.184.